The summed E-state index contributed by atoms with van der Waals surface area (Å²) in [6.07, 6.45) is 4.78. The maximum Gasteiger partial charge on any atom is 0.253 e. The molecule has 10 heteroatoms. The van der Waals surface area contributed by atoms with E-state index >= 15 is 0 Å². The highest BCUT2D eigenvalue weighted by Gasteiger charge is 2.31. The Bertz CT molecular complexity index is 981. The zero-order valence-corrected chi connectivity index (χ0v) is 17.5. The first-order valence-corrected chi connectivity index (χ1v) is 9.41. The summed E-state index contributed by atoms with van der Waals surface area (Å²) in [4.78, 5) is 12.7. The molecule has 1 N–H and O–H groups in total. The number of hydrogen-bond donors (Lipinski definition) is 1. The molecule has 0 aliphatic rings. The van der Waals surface area contributed by atoms with Crippen molar-refractivity contribution in [3.8, 4) is 0 Å². The Kier molecular flexibility index (Phi) is 5.60. The van der Waals surface area contributed by atoms with Crippen LogP contribution in [0.1, 0.15) is 19.4 Å². The van der Waals surface area contributed by atoms with Gasteiger partial charge in [-0.3, -0.25) is 14.2 Å². The zero-order chi connectivity index (χ0) is 19.8. The van der Waals surface area contributed by atoms with Crippen molar-refractivity contribution >= 4 is 50.9 Å². The fourth-order valence-corrected chi connectivity index (χ4v) is 3.09. The summed E-state index contributed by atoms with van der Waals surface area (Å²) in [5, 5.41) is 11.6. The van der Waals surface area contributed by atoms with Crippen LogP contribution >= 0.6 is 39.1 Å². The number of nitrogens with one attached hydrogen (secondary N) is 1. The molecule has 6 nitrogen and oxygen atoms in total. The van der Waals surface area contributed by atoms with E-state index in [0.29, 0.717) is 0 Å². The minimum absolute atomic E-state index is 0.0800. The molecule has 2 aromatic heterocycles. The van der Waals surface area contributed by atoms with Crippen molar-refractivity contribution in [2.24, 2.45) is 0 Å². The van der Waals surface area contributed by atoms with Crippen molar-refractivity contribution < 1.29 is 9.18 Å². The standard InChI is InChI=1S/C17H15BrCl2FN5O/c1-17(2,26-7-10(18)6-22-26)16(27)23-15-13(20)9-25(24-15)8-11-12(19)4-3-5-14(11)21/h3-7,9H,8H2,1-2H3,(H,23,24,27). The first-order valence-electron chi connectivity index (χ1n) is 7.86. The van der Waals surface area contributed by atoms with Crippen LogP contribution in [0.15, 0.2) is 41.3 Å². The minimum Gasteiger partial charge on any atom is -0.306 e. The topological polar surface area (TPSA) is 64.7 Å². The van der Waals surface area contributed by atoms with Gasteiger partial charge < -0.3 is 5.32 Å². The third kappa shape index (κ3) is 4.17. The Morgan fingerprint density at radius 2 is 2.04 bits per heavy atom. The Morgan fingerprint density at radius 1 is 1.30 bits per heavy atom. The van der Waals surface area contributed by atoms with E-state index in [0.717, 1.165) is 4.47 Å². The Hall–Kier alpha value is -1.90. The van der Waals surface area contributed by atoms with Gasteiger partial charge in [-0.25, -0.2) is 4.39 Å². The minimum atomic E-state index is -0.978. The molecule has 0 atom stereocenters. The largest absolute Gasteiger partial charge is 0.306 e. The molecule has 142 valence electrons. The summed E-state index contributed by atoms with van der Waals surface area (Å²) in [7, 11) is 0. The van der Waals surface area contributed by atoms with Crippen LogP contribution in [0.5, 0.6) is 0 Å². The molecule has 0 unspecified atom stereocenters. The second-order valence-corrected chi connectivity index (χ2v) is 8.07. The number of nitrogens with zero attached hydrogens (tertiary/aromatic N) is 4. The van der Waals surface area contributed by atoms with Crippen LogP contribution in [0.3, 0.4) is 0 Å². The van der Waals surface area contributed by atoms with Crippen LogP contribution in [-0.4, -0.2) is 25.5 Å². The van der Waals surface area contributed by atoms with Gasteiger partial charge in [0.15, 0.2) is 5.82 Å². The van der Waals surface area contributed by atoms with Crippen molar-refractivity contribution in [2.45, 2.75) is 25.9 Å². The maximum absolute atomic E-state index is 14.0. The quantitative estimate of drug-likeness (QED) is 0.582. The highest BCUT2D eigenvalue weighted by atomic mass is 79.9. The average molecular weight is 475 g/mol. The van der Waals surface area contributed by atoms with Gasteiger partial charge in [0.25, 0.3) is 5.91 Å². The van der Waals surface area contributed by atoms with Crippen molar-refractivity contribution in [2.75, 3.05) is 5.32 Å². The van der Waals surface area contributed by atoms with Crippen LogP contribution in [0.2, 0.25) is 10.0 Å². The van der Waals surface area contributed by atoms with Crippen LogP contribution in [0.4, 0.5) is 10.2 Å². The van der Waals surface area contributed by atoms with E-state index in [2.05, 4.69) is 31.4 Å². The lowest BCUT2D eigenvalue weighted by Gasteiger charge is -2.23. The molecule has 27 heavy (non-hydrogen) atoms. The highest BCUT2D eigenvalue weighted by Crippen LogP contribution is 2.26. The molecule has 3 aromatic rings. The lowest BCUT2D eigenvalue weighted by molar-refractivity contribution is -0.123. The third-order valence-corrected chi connectivity index (χ3v) is 5.05. The van der Waals surface area contributed by atoms with E-state index in [1.807, 2.05) is 0 Å². The molecule has 0 saturated heterocycles. The van der Waals surface area contributed by atoms with Gasteiger partial charge in [-0.2, -0.15) is 10.2 Å². The number of rotatable bonds is 5. The number of carbonyl (C=O) groups excluding carboxylic acids is 1. The molecule has 1 aromatic carbocycles. The lowest BCUT2D eigenvalue weighted by atomic mass is 10.1. The summed E-state index contributed by atoms with van der Waals surface area (Å²) in [5.41, 5.74) is -0.688. The smallest absolute Gasteiger partial charge is 0.253 e. The molecule has 0 saturated carbocycles. The number of carbonyl (C=O) groups is 1. The molecule has 0 fully saturated rings. The predicted octanol–water partition coefficient (Wildman–Crippen LogP) is 4.71. The van der Waals surface area contributed by atoms with Gasteiger partial charge in [-0.15, -0.1) is 0 Å². The summed E-state index contributed by atoms with van der Waals surface area (Å²) in [5.74, 6) is -0.618. The Morgan fingerprint density at radius 3 is 2.67 bits per heavy atom. The monoisotopic (exact) mass is 473 g/mol. The fraction of sp³-hybridized carbons (Fsp3) is 0.235. The third-order valence-electron chi connectivity index (χ3n) is 4.01. The average Bonchev–Trinajstić information content (AvgIpc) is 3.18. The van der Waals surface area contributed by atoms with E-state index in [-0.39, 0.29) is 33.9 Å². The summed E-state index contributed by atoms with van der Waals surface area (Å²) < 4.78 is 17.7. The number of hydrogen-bond acceptors (Lipinski definition) is 3. The van der Waals surface area contributed by atoms with E-state index in [1.54, 1.807) is 32.3 Å². The van der Waals surface area contributed by atoms with E-state index in [9.17, 15) is 9.18 Å². The molecule has 0 radical (unpaired) electrons. The molecular weight excluding hydrogens is 460 g/mol. The van der Waals surface area contributed by atoms with Gasteiger partial charge >= 0.3 is 0 Å². The van der Waals surface area contributed by atoms with Gasteiger partial charge in [0.05, 0.1) is 17.2 Å². The lowest BCUT2D eigenvalue weighted by Crippen LogP contribution is -2.40. The maximum atomic E-state index is 14.0. The summed E-state index contributed by atoms with van der Waals surface area (Å²) >= 11 is 15.5. The molecule has 0 aliphatic heterocycles. The van der Waals surface area contributed by atoms with Crippen LogP contribution in [0.25, 0.3) is 0 Å². The number of halogens is 4. The zero-order valence-electron chi connectivity index (χ0n) is 14.4. The van der Waals surface area contributed by atoms with Crippen LogP contribution < -0.4 is 5.32 Å². The van der Waals surface area contributed by atoms with Crippen molar-refractivity contribution in [3.63, 3.8) is 0 Å². The Labute approximate surface area is 173 Å². The normalized spacial score (nSPS) is 11.6. The fourth-order valence-electron chi connectivity index (χ4n) is 2.38. The van der Waals surface area contributed by atoms with Gasteiger partial charge in [-0.1, -0.05) is 29.3 Å². The number of aromatic nitrogens is 4. The van der Waals surface area contributed by atoms with Crippen molar-refractivity contribution in [3.05, 3.63) is 62.7 Å². The summed E-state index contributed by atoms with van der Waals surface area (Å²) in [6, 6.07) is 4.44. The summed E-state index contributed by atoms with van der Waals surface area (Å²) in [6.45, 7) is 3.51. The van der Waals surface area contributed by atoms with Gasteiger partial charge in [0, 0.05) is 23.0 Å². The highest BCUT2D eigenvalue weighted by molar-refractivity contribution is 9.10. The second-order valence-electron chi connectivity index (χ2n) is 6.34. The van der Waals surface area contributed by atoms with E-state index < -0.39 is 11.4 Å². The number of benzene rings is 1. The van der Waals surface area contributed by atoms with E-state index in [4.69, 9.17) is 23.2 Å². The Balaban J connectivity index is 1.80. The van der Waals surface area contributed by atoms with Crippen molar-refractivity contribution in [1.29, 1.82) is 0 Å². The number of amides is 1. The molecule has 2 heterocycles. The van der Waals surface area contributed by atoms with Gasteiger partial charge in [-0.05, 0) is 41.9 Å². The second kappa shape index (κ2) is 7.61. The molecular formula is C17H15BrCl2FN5O. The van der Waals surface area contributed by atoms with Gasteiger partial charge in [0.2, 0.25) is 0 Å². The molecule has 1 amide bonds. The van der Waals surface area contributed by atoms with Crippen LogP contribution in [0, 0.1) is 5.82 Å². The first-order chi connectivity index (χ1) is 12.7. The molecule has 0 bridgehead atoms. The van der Waals surface area contributed by atoms with E-state index in [1.165, 1.54) is 27.7 Å². The first kappa shape index (κ1) is 19.9. The predicted molar refractivity (Wildman–Crippen MR) is 106 cm³/mol. The van der Waals surface area contributed by atoms with Crippen LogP contribution in [-0.2, 0) is 16.9 Å². The molecule has 3 rings (SSSR count). The SMILES string of the molecule is CC(C)(C(=O)Nc1nn(Cc2c(F)cccc2Cl)cc1Cl)n1cc(Br)cn1. The van der Waals surface area contributed by atoms with Crippen molar-refractivity contribution in [1.82, 2.24) is 19.6 Å². The molecule has 0 aliphatic carbocycles. The van der Waals surface area contributed by atoms with Gasteiger partial charge in [0.1, 0.15) is 16.4 Å². The molecule has 0 spiro atoms. The number of anilines is 1.